The van der Waals surface area contributed by atoms with Gasteiger partial charge in [0.05, 0.1) is 12.7 Å². The zero-order chi connectivity index (χ0) is 22.7. The molecule has 0 aliphatic carbocycles. The Balaban J connectivity index is 1.55. The average Bonchev–Trinajstić information content (AvgIpc) is 2.81. The summed E-state index contributed by atoms with van der Waals surface area (Å²) in [7, 11) is 0. The molecule has 1 saturated heterocycles. The van der Waals surface area contributed by atoms with Gasteiger partial charge in [-0.1, -0.05) is 49.1 Å². The molecule has 1 aliphatic heterocycles. The van der Waals surface area contributed by atoms with Crippen molar-refractivity contribution < 1.29 is 22.6 Å². The molecule has 3 aromatic rings. The van der Waals surface area contributed by atoms with Crippen molar-refractivity contribution in [2.24, 2.45) is 0 Å². The van der Waals surface area contributed by atoms with Gasteiger partial charge in [-0.3, -0.25) is 0 Å². The van der Waals surface area contributed by atoms with Gasteiger partial charge >= 0.3 is 0 Å². The molecule has 1 fully saturated rings. The number of hydrogen-bond acceptors (Lipinski definition) is 2. The molecule has 0 bridgehead atoms. The summed E-state index contributed by atoms with van der Waals surface area (Å²) in [5.41, 5.74) is 2.67. The second-order valence-corrected chi connectivity index (χ2v) is 8.07. The van der Waals surface area contributed by atoms with Gasteiger partial charge in [-0.05, 0) is 54.7 Å². The van der Waals surface area contributed by atoms with Gasteiger partial charge in [-0.25, -0.2) is 8.78 Å². The Hall–Kier alpha value is -3.05. The lowest BCUT2D eigenvalue weighted by molar-refractivity contribution is 0.0154. The smallest absolute Gasteiger partial charge is 0.201 e. The minimum absolute atomic E-state index is 0.0850. The Morgan fingerprint density at radius 3 is 2.25 bits per heavy atom. The number of hydrogen-bond donors (Lipinski definition) is 0. The van der Waals surface area contributed by atoms with E-state index in [2.05, 4.69) is 13.5 Å². The van der Waals surface area contributed by atoms with Crippen LogP contribution in [-0.4, -0.2) is 19.3 Å². The number of rotatable bonds is 6. The molecule has 0 N–H and O–H groups in total. The van der Waals surface area contributed by atoms with Crippen LogP contribution in [0.2, 0.25) is 0 Å². The summed E-state index contributed by atoms with van der Waals surface area (Å²) in [6.07, 6.45) is 3.66. The zero-order valence-electron chi connectivity index (χ0n) is 17.9. The van der Waals surface area contributed by atoms with E-state index in [1.54, 1.807) is 36.4 Å². The molecular formula is C27H25F3O2. The van der Waals surface area contributed by atoms with E-state index >= 15 is 0 Å². The number of benzene rings is 3. The largest absolute Gasteiger partial charge is 0.486 e. The maximum Gasteiger partial charge on any atom is 0.201 e. The standard InChI is InChI=1S/C27H25F3O2/c1-3-14-31-25-13-12-23(26(29)27(25)30)19-8-6-18(7-9-19)22-11-10-20(15-24(22)28)21-5-4-17(2)32-16-21/h3,6-13,15,17,21H,1,4-5,14,16H2,2H3. The lowest BCUT2D eigenvalue weighted by atomic mass is 9.90. The molecule has 0 saturated carbocycles. The molecular weight excluding hydrogens is 413 g/mol. The van der Waals surface area contributed by atoms with Gasteiger partial charge in [0.2, 0.25) is 5.82 Å². The molecule has 166 valence electrons. The number of ether oxygens (including phenoxy) is 2. The molecule has 0 radical (unpaired) electrons. The normalized spacial score (nSPS) is 18.4. The van der Waals surface area contributed by atoms with Gasteiger partial charge in [0, 0.05) is 17.0 Å². The highest BCUT2D eigenvalue weighted by Crippen LogP contribution is 2.34. The van der Waals surface area contributed by atoms with Crippen molar-refractivity contribution >= 4 is 0 Å². The maximum atomic E-state index is 14.9. The van der Waals surface area contributed by atoms with E-state index in [1.165, 1.54) is 18.2 Å². The van der Waals surface area contributed by atoms with E-state index in [-0.39, 0.29) is 35.8 Å². The van der Waals surface area contributed by atoms with Crippen LogP contribution in [0.3, 0.4) is 0 Å². The summed E-state index contributed by atoms with van der Waals surface area (Å²) in [5, 5.41) is 0. The molecule has 1 aliphatic rings. The first kappa shape index (κ1) is 22.2. The fourth-order valence-corrected chi connectivity index (χ4v) is 4.01. The van der Waals surface area contributed by atoms with E-state index < -0.39 is 11.6 Å². The van der Waals surface area contributed by atoms with Gasteiger partial charge < -0.3 is 9.47 Å². The monoisotopic (exact) mass is 438 g/mol. The third-order valence-electron chi connectivity index (χ3n) is 5.88. The van der Waals surface area contributed by atoms with Crippen LogP contribution in [0.5, 0.6) is 5.75 Å². The maximum absolute atomic E-state index is 14.9. The van der Waals surface area contributed by atoms with Gasteiger partial charge in [0.15, 0.2) is 11.6 Å². The Morgan fingerprint density at radius 1 is 0.938 bits per heavy atom. The molecule has 0 spiro atoms. The lowest BCUT2D eigenvalue weighted by Gasteiger charge is -2.27. The molecule has 4 rings (SSSR count). The zero-order valence-corrected chi connectivity index (χ0v) is 17.9. The summed E-state index contributed by atoms with van der Waals surface area (Å²) in [6.45, 7) is 6.23. The molecule has 32 heavy (non-hydrogen) atoms. The van der Waals surface area contributed by atoms with Crippen molar-refractivity contribution in [3.05, 3.63) is 90.3 Å². The Morgan fingerprint density at radius 2 is 1.62 bits per heavy atom. The predicted octanol–water partition coefficient (Wildman–Crippen LogP) is 7.29. The first-order valence-corrected chi connectivity index (χ1v) is 10.7. The van der Waals surface area contributed by atoms with Crippen LogP contribution in [0.4, 0.5) is 13.2 Å². The van der Waals surface area contributed by atoms with E-state index in [0.29, 0.717) is 23.3 Å². The minimum atomic E-state index is -1.05. The topological polar surface area (TPSA) is 18.5 Å². The van der Waals surface area contributed by atoms with E-state index in [0.717, 1.165) is 18.4 Å². The van der Waals surface area contributed by atoms with Gasteiger partial charge in [-0.2, -0.15) is 4.39 Å². The molecule has 2 atom stereocenters. The molecule has 2 unspecified atom stereocenters. The van der Waals surface area contributed by atoms with E-state index in [1.807, 2.05) is 6.07 Å². The quantitative estimate of drug-likeness (QED) is 0.376. The molecule has 5 heteroatoms. The minimum Gasteiger partial charge on any atom is -0.486 e. The van der Waals surface area contributed by atoms with Crippen molar-refractivity contribution in [1.82, 2.24) is 0 Å². The second-order valence-electron chi connectivity index (χ2n) is 8.07. The summed E-state index contributed by atoms with van der Waals surface area (Å²) in [5.74, 6) is -2.30. The van der Waals surface area contributed by atoms with Crippen molar-refractivity contribution in [2.45, 2.75) is 31.8 Å². The van der Waals surface area contributed by atoms with Crippen molar-refractivity contribution in [3.8, 4) is 28.0 Å². The van der Waals surface area contributed by atoms with Crippen LogP contribution in [-0.2, 0) is 4.74 Å². The summed E-state index contributed by atoms with van der Waals surface area (Å²) in [4.78, 5) is 0. The first-order valence-electron chi connectivity index (χ1n) is 10.7. The molecule has 1 heterocycles. The van der Waals surface area contributed by atoms with Crippen LogP contribution in [0.15, 0.2) is 67.3 Å². The van der Waals surface area contributed by atoms with Crippen LogP contribution in [0.1, 0.15) is 31.2 Å². The highest BCUT2D eigenvalue weighted by molar-refractivity contribution is 5.71. The fourth-order valence-electron chi connectivity index (χ4n) is 4.01. The van der Waals surface area contributed by atoms with E-state index in [9.17, 15) is 13.2 Å². The summed E-state index contributed by atoms with van der Waals surface area (Å²) < 4.78 is 54.6. The van der Waals surface area contributed by atoms with Crippen LogP contribution in [0.25, 0.3) is 22.3 Å². The van der Waals surface area contributed by atoms with Crippen molar-refractivity contribution in [3.63, 3.8) is 0 Å². The lowest BCUT2D eigenvalue weighted by Crippen LogP contribution is -2.22. The Labute approximate surface area is 186 Å². The summed E-state index contributed by atoms with van der Waals surface area (Å²) in [6, 6.07) is 14.9. The SMILES string of the molecule is C=CCOc1ccc(-c2ccc(-c3ccc(C4CCC(C)OC4)cc3F)cc2)c(F)c1F. The molecule has 2 nitrogen and oxygen atoms in total. The van der Waals surface area contributed by atoms with Crippen LogP contribution >= 0.6 is 0 Å². The third-order valence-corrected chi connectivity index (χ3v) is 5.88. The Kier molecular flexibility index (Phi) is 6.66. The van der Waals surface area contributed by atoms with E-state index in [4.69, 9.17) is 9.47 Å². The van der Waals surface area contributed by atoms with Crippen LogP contribution in [0, 0.1) is 17.5 Å². The molecule has 0 aromatic heterocycles. The average molecular weight is 438 g/mol. The van der Waals surface area contributed by atoms with Crippen molar-refractivity contribution in [1.29, 1.82) is 0 Å². The highest BCUT2D eigenvalue weighted by Gasteiger charge is 2.21. The molecule has 0 amide bonds. The third kappa shape index (κ3) is 4.58. The Bertz CT molecular complexity index is 1100. The van der Waals surface area contributed by atoms with Crippen LogP contribution < -0.4 is 4.74 Å². The fraction of sp³-hybridized carbons (Fsp3) is 0.259. The van der Waals surface area contributed by atoms with Crippen molar-refractivity contribution in [2.75, 3.05) is 13.2 Å². The number of halogens is 3. The van der Waals surface area contributed by atoms with Gasteiger partial charge in [0.1, 0.15) is 12.4 Å². The second kappa shape index (κ2) is 9.61. The molecule has 3 aromatic carbocycles. The van der Waals surface area contributed by atoms with Gasteiger partial charge in [-0.15, -0.1) is 0 Å². The highest BCUT2D eigenvalue weighted by atomic mass is 19.2. The predicted molar refractivity (Wildman–Crippen MR) is 120 cm³/mol. The summed E-state index contributed by atoms with van der Waals surface area (Å²) >= 11 is 0. The first-order chi connectivity index (χ1) is 15.5. The van der Waals surface area contributed by atoms with Gasteiger partial charge in [0.25, 0.3) is 0 Å².